The van der Waals surface area contributed by atoms with E-state index in [1.807, 2.05) is 51.1 Å². The number of benzene rings is 2. The lowest BCUT2D eigenvalue weighted by Crippen LogP contribution is -2.62. The molecule has 1 heterocycles. The number of amides is 3. The Balaban J connectivity index is 1.88. The van der Waals surface area contributed by atoms with Gasteiger partial charge in [-0.2, -0.15) is 0 Å². The molecule has 0 spiro atoms. The first-order valence-corrected chi connectivity index (χ1v) is 11.6. The van der Waals surface area contributed by atoms with Gasteiger partial charge in [-0.1, -0.05) is 44.2 Å². The SMILES string of the molecule is CCC1(CC)CC(=O)N(Cc2cc(F)cc(C(=O)N(C)C(C)c3ccccc3)c2)/C(=N\C(=O)O)N1. The fraction of sp³-hybridized carbons (Fsp3) is 0.385. The van der Waals surface area contributed by atoms with Crippen molar-refractivity contribution < 1.29 is 23.9 Å². The summed E-state index contributed by atoms with van der Waals surface area (Å²) in [7, 11) is 1.65. The van der Waals surface area contributed by atoms with Gasteiger partial charge in [0.25, 0.3) is 5.91 Å². The van der Waals surface area contributed by atoms with Crippen LogP contribution in [0.2, 0.25) is 0 Å². The Labute approximate surface area is 204 Å². The highest BCUT2D eigenvalue weighted by atomic mass is 19.1. The van der Waals surface area contributed by atoms with Crippen LogP contribution in [0.3, 0.4) is 0 Å². The zero-order valence-electron chi connectivity index (χ0n) is 20.4. The summed E-state index contributed by atoms with van der Waals surface area (Å²) in [5.41, 5.74) is 0.829. The van der Waals surface area contributed by atoms with Gasteiger partial charge in [0.05, 0.1) is 19.0 Å². The summed E-state index contributed by atoms with van der Waals surface area (Å²) in [5, 5.41) is 12.4. The topological polar surface area (TPSA) is 102 Å². The number of carboxylic acid groups (broad SMARTS) is 1. The standard InChI is InChI=1S/C26H31FN4O4/c1-5-26(6-2)15-22(32)31(24(29-26)28-25(34)35)16-18-12-20(14-21(27)13-18)23(33)30(4)17(3)19-10-8-7-9-11-19/h7-14,17H,5-6,15-16H2,1-4H3,(H,28,29)(H,34,35). The summed E-state index contributed by atoms with van der Waals surface area (Å²) in [6, 6.07) is 13.1. The molecular formula is C26H31FN4O4. The molecule has 0 radical (unpaired) electrons. The van der Waals surface area contributed by atoms with Gasteiger partial charge in [0.2, 0.25) is 11.9 Å². The van der Waals surface area contributed by atoms with Gasteiger partial charge >= 0.3 is 6.09 Å². The normalized spacial score (nSPS) is 17.1. The van der Waals surface area contributed by atoms with Crippen molar-refractivity contribution in [2.45, 2.75) is 58.2 Å². The van der Waals surface area contributed by atoms with Gasteiger partial charge in [-0.05, 0) is 49.1 Å². The fourth-order valence-corrected chi connectivity index (χ4v) is 4.25. The van der Waals surface area contributed by atoms with E-state index in [1.54, 1.807) is 7.05 Å². The molecule has 3 rings (SSSR count). The lowest BCUT2D eigenvalue weighted by molar-refractivity contribution is -0.131. The second kappa shape index (κ2) is 10.7. The van der Waals surface area contributed by atoms with Crippen LogP contribution in [0.1, 0.15) is 67.6 Å². The van der Waals surface area contributed by atoms with Gasteiger partial charge in [-0.25, -0.2) is 9.18 Å². The Kier molecular flexibility index (Phi) is 7.89. The van der Waals surface area contributed by atoms with E-state index in [1.165, 1.54) is 21.9 Å². The lowest BCUT2D eigenvalue weighted by atomic mass is 9.87. The molecule has 1 unspecified atom stereocenters. The van der Waals surface area contributed by atoms with Crippen LogP contribution in [0.5, 0.6) is 0 Å². The molecule has 2 N–H and O–H groups in total. The number of rotatable bonds is 7. The zero-order chi connectivity index (χ0) is 25.8. The van der Waals surface area contributed by atoms with E-state index in [2.05, 4.69) is 10.3 Å². The molecule has 3 amide bonds. The minimum atomic E-state index is -1.44. The van der Waals surface area contributed by atoms with E-state index in [-0.39, 0.29) is 42.3 Å². The first-order chi connectivity index (χ1) is 16.6. The van der Waals surface area contributed by atoms with Gasteiger partial charge in [-0.15, -0.1) is 4.99 Å². The highest BCUT2D eigenvalue weighted by molar-refractivity contribution is 6.03. The Morgan fingerprint density at radius 1 is 1.20 bits per heavy atom. The number of nitrogens with one attached hydrogen (secondary N) is 1. The van der Waals surface area contributed by atoms with Crippen molar-refractivity contribution in [3.63, 3.8) is 0 Å². The number of aliphatic imine (C=N–C) groups is 1. The van der Waals surface area contributed by atoms with E-state index in [0.717, 1.165) is 11.6 Å². The van der Waals surface area contributed by atoms with Gasteiger partial charge in [0.15, 0.2) is 0 Å². The quantitative estimate of drug-likeness (QED) is 0.602. The summed E-state index contributed by atoms with van der Waals surface area (Å²) >= 11 is 0. The van der Waals surface area contributed by atoms with Crippen molar-refractivity contribution in [1.82, 2.24) is 15.1 Å². The van der Waals surface area contributed by atoms with Crippen molar-refractivity contribution in [3.05, 3.63) is 71.0 Å². The maximum atomic E-state index is 14.6. The van der Waals surface area contributed by atoms with Crippen LogP contribution in [0, 0.1) is 5.82 Å². The molecule has 1 aliphatic heterocycles. The van der Waals surface area contributed by atoms with Crippen LogP contribution in [0.15, 0.2) is 53.5 Å². The van der Waals surface area contributed by atoms with E-state index in [4.69, 9.17) is 0 Å². The predicted molar refractivity (Wildman–Crippen MR) is 130 cm³/mol. The summed E-state index contributed by atoms with van der Waals surface area (Å²) in [6.07, 6.45) is -0.0877. The molecule has 2 aromatic carbocycles. The molecule has 35 heavy (non-hydrogen) atoms. The molecule has 8 nitrogen and oxygen atoms in total. The number of nitrogens with zero attached hydrogens (tertiary/aromatic N) is 3. The summed E-state index contributed by atoms with van der Waals surface area (Å²) < 4.78 is 14.6. The maximum absolute atomic E-state index is 14.6. The summed E-state index contributed by atoms with van der Waals surface area (Å²) in [6.45, 7) is 5.58. The molecule has 9 heteroatoms. The number of carbonyl (C=O) groups is 3. The van der Waals surface area contributed by atoms with Crippen molar-refractivity contribution in [2.75, 3.05) is 7.05 Å². The van der Waals surface area contributed by atoms with Crippen molar-refractivity contribution in [2.24, 2.45) is 4.99 Å². The number of halogens is 1. The number of guanidine groups is 1. The zero-order valence-corrected chi connectivity index (χ0v) is 20.4. The molecule has 1 atom stereocenters. The Hall–Kier alpha value is -3.75. The molecule has 0 bridgehead atoms. The molecule has 0 saturated carbocycles. The first kappa shape index (κ1) is 25.9. The molecule has 0 aliphatic carbocycles. The van der Waals surface area contributed by atoms with E-state index in [0.29, 0.717) is 18.4 Å². The van der Waals surface area contributed by atoms with Crippen LogP contribution in [-0.4, -0.2) is 51.4 Å². The molecule has 186 valence electrons. The van der Waals surface area contributed by atoms with Crippen LogP contribution in [0.25, 0.3) is 0 Å². The average Bonchev–Trinajstić information content (AvgIpc) is 2.84. The van der Waals surface area contributed by atoms with Crippen LogP contribution < -0.4 is 5.32 Å². The van der Waals surface area contributed by atoms with E-state index in [9.17, 15) is 23.9 Å². The number of hydrogen-bond acceptors (Lipinski definition) is 3. The highest BCUT2D eigenvalue weighted by Crippen LogP contribution is 2.27. The van der Waals surface area contributed by atoms with E-state index < -0.39 is 17.4 Å². The van der Waals surface area contributed by atoms with E-state index >= 15 is 0 Å². The smallest absolute Gasteiger partial charge is 0.434 e. The third-order valence-corrected chi connectivity index (χ3v) is 6.71. The monoisotopic (exact) mass is 482 g/mol. The Bertz CT molecular complexity index is 1130. The number of hydrogen-bond donors (Lipinski definition) is 2. The molecule has 2 aromatic rings. The summed E-state index contributed by atoms with van der Waals surface area (Å²) in [4.78, 5) is 43.8. The molecule has 1 saturated heterocycles. The molecular weight excluding hydrogens is 451 g/mol. The predicted octanol–water partition coefficient (Wildman–Crippen LogP) is 4.57. The number of carbonyl (C=O) groups excluding carboxylic acids is 2. The Morgan fingerprint density at radius 3 is 2.46 bits per heavy atom. The minimum Gasteiger partial charge on any atom is -0.463 e. The highest BCUT2D eigenvalue weighted by Gasteiger charge is 2.40. The third kappa shape index (κ3) is 5.85. The van der Waals surface area contributed by atoms with Gasteiger partial charge in [0.1, 0.15) is 5.82 Å². The van der Waals surface area contributed by atoms with Gasteiger partial charge < -0.3 is 15.3 Å². The molecule has 0 aromatic heterocycles. The summed E-state index contributed by atoms with van der Waals surface area (Å²) in [5.74, 6) is -1.42. The first-order valence-electron chi connectivity index (χ1n) is 11.6. The average molecular weight is 483 g/mol. The second-order valence-electron chi connectivity index (χ2n) is 8.84. The van der Waals surface area contributed by atoms with Crippen molar-refractivity contribution in [3.8, 4) is 0 Å². The maximum Gasteiger partial charge on any atom is 0.434 e. The second-order valence-corrected chi connectivity index (χ2v) is 8.84. The lowest BCUT2D eigenvalue weighted by Gasteiger charge is -2.42. The van der Waals surface area contributed by atoms with Gasteiger partial charge in [-0.3, -0.25) is 14.5 Å². The minimum absolute atomic E-state index is 0.0931. The molecule has 1 fully saturated rings. The largest absolute Gasteiger partial charge is 0.463 e. The van der Waals surface area contributed by atoms with Crippen molar-refractivity contribution in [1.29, 1.82) is 0 Å². The Morgan fingerprint density at radius 2 is 1.86 bits per heavy atom. The van der Waals surface area contributed by atoms with Crippen LogP contribution in [0.4, 0.5) is 9.18 Å². The molecule has 1 aliphatic rings. The van der Waals surface area contributed by atoms with Gasteiger partial charge in [0, 0.05) is 18.2 Å². The fourth-order valence-electron chi connectivity index (χ4n) is 4.25. The third-order valence-electron chi connectivity index (χ3n) is 6.71. The van der Waals surface area contributed by atoms with Crippen LogP contribution in [-0.2, 0) is 11.3 Å². The van der Waals surface area contributed by atoms with Crippen molar-refractivity contribution >= 4 is 23.9 Å². The van der Waals surface area contributed by atoms with Crippen LogP contribution >= 0.6 is 0 Å².